The first-order chi connectivity index (χ1) is 10.5. The maximum absolute atomic E-state index is 13.3. The zero-order valence-corrected chi connectivity index (χ0v) is 13.4. The highest BCUT2D eigenvalue weighted by molar-refractivity contribution is 9.10. The molecule has 1 N–H and O–H groups in total. The van der Waals surface area contributed by atoms with Crippen LogP contribution in [0.2, 0.25) is 0 Å². The molecule has 3 nitrogen and oxygen atoms in total. The van der Waals surface area contributed by atoms with Gasteiger partial charge in [0.2, 0.25) is 0 Å². The van der Waals surface area contributed by atoms with Gasteiger partial charge in [-0.1, -0.05) is 22.0 Å². The normalized spacial score (nSPS) is 10.9. The monoisotopic (exact) mass is 361 g/mol. The highest BCUT2D eigenvalue weighted by Crippen LogP contribution is 2.21. The molecule has 0 bridgehead atoms. The van der Waals surface area contributed by atoms with E-state index in [9.17, 15) is 9.18 Å². The molecule has 0 aliphatic rings. The summed E-state index contributed by atoms with van der Waals surface area (Å²) in [4.78, 5) is 15.1. The van der Waals surface area contributed by atoms with E-state index >= 15 is 0 Å². The number of aryl methyl sites for hydroxylation is 1. The Morgan fingerprint density at radius 2 is 2.09 bits per heavy atom. The third-order valence-corrected chi connectivity index (χ3v) is 4.02. The lowest BCUT2D eigenvalue weighted by Gasteiger charge is -2.07. The van der Waals surface area contributed by atoms with Crippen molar-refractivity contribution in [1.29, 1.82) is 0 Å². The van der Waals surface area contributed by atoms with Crippen molar-refractivity contribution in [2.75, 3.05) is 0 Å². The maximum atomic E-state index is 13.3. The molecule has 0 saturated carbocycles. The quantitative estimate of drug-likeness (QED) is 0.684. The first-order valence-electron chi connectivity index (χ1n) is 6.73. The van der Waals surface area contributed by atoms with Gasteiger partial charge in [-0.3, -0.25) is 0 Å². The van der Waals surface area contributed by atoms with Gasteiger partial charge in [-0.2, -0.15) is 0 Å². The van der Waals surface area contributed by atoms with Crippen molar-refractivity contribution in [1.82, 2.24) is 4.98 Å². The predicted octanol–water partition coefficient (Wildman–Crippen LogP) is 4.73. The van der Waals surface area contributed by atoms with E-state index in [4.69, 9.17) is 4.74 Å². The highest BCUT2D eigenvalue weighted by atomic mass is 79.9. The van der Waals surface area contributed by atoms with E-state index < -0.39 is 5.97 Å². The average molecular weight is 362 g/mol. The van der Waals surface area contributed by atoms with Crippen molar-refractivity contribution in [2.45, 2.75) is 13.5 Å². The summed E-state index contributed by atoms with van der Waals surface area (Å²) in [6.07, 6.45) is 1.54. The van der Waals surface area contributed by atoms with Crippen LogP contribution in [0.4, 0.5) is 4.39 Å². The topological polar surface area (TPSA) is 42.1 Å². The second-order valence-corrected chi connectivity index (χ2v) is 5.95. The lowest BCUT2D eigenvalue weighted by Crippen LogP contribution is -2.05. The van der Waals surface area contributed by atoms with Crippen LogP contribution >= 0.6 is 15.9 Å². The summed E-state index contributed by atoms with van der Waals surface area (Å²) in [5.74, 6) is -0.857. The van der Waals surface area contributed by atoms with Crippen molar-refractivity contribution in [3.8, 4) is 0 Å². The smallest absolute Gasteiger partial charge is 0.340 e. The molecule has 5 heteroatoms. The van der Waals surface area contributed by atoms with Crippen LogP contribution in [0.1, 0.15) is 21.5 Å². The Hall–Kier alpha value is -2.14. The summed E-state index contributed by atoms with van der Waals surface area (Å²) < 4.78 is 19.7. The summed E-state index contributed by atoms with van der Waals surface area (Å²) in [6.45, 7) is 2.13. The van der Waals surface area contributed by atoms with Crippen molar-refractivity contribution in [3.63, 3.8) is 0 Å². The molecule has 0 aliphatic carbocycles. The molecule has 0 saturated heterocycles. The number of aromatic nitrogens is 1. The highest BCUT2D eigenvalue weighted by Gasteiger charge is 2.14. The minimum atomic E-state index is -0.473. The van der Waals surface area contributed by atoms with E-state index in [-0.39, 0.29) is 12.4 Å². The molecule has 0 atom stereocenters. The van der Waals surface area contributed by atoms with Crippen molar-refractivity contribution in [3.05, 3.63) is 69.6 Å². The number of H-pyrrole nitrogens is 1. The van der Waals surface area contributed by atoms with Crippen LogP contribution in [-0.2, 0) is 11.3 Å². The number of rotatable bonds is 3. The fraction of sp³-hybridized carbons (Fsp3) is 0.118. The zero-order chi connectivity index (χ0) is 15.7. The Morgan fingerprint density at radius 3 is 2.86 bits per heavy atom. The van der Waals surface area contributed by atoms with Gasteiger partial charge in [0.25, 0.3) is 0 Å². The Bertz CT molecular complexity index is 857. The van der Waals surface area contributed by atoms with Gasteiger partial charge >= 0.3 is 5.97 Å². The minimum absolute atomic E-state index is 0.180. The molecule has 0 fully saturated rings. The van der Waals surface area contributed by atoms with E-state index in [1.54, 1.807) is 12.3 Å². The first kappa shape index (κ1) is 14.8. The van der Waals surface area contributed by atoms with Gasteiger partial charge in [0.1, 0.15) is 12.4 Å². The van der Waals surface area contributed by atoms with Crippen molar-refractivity contribution < 1.29 is 13.9 Å². The van der Waals surface area contributed by atoms with Gasteiger partial charge in [0.15, 0.2) is 0 Å². The number of aromatic amines is 1. The lowest BCUT2D eigenvalue weighted by molar-refractivity contribution is 0.0474. The number of hydrogen-bond donors (Lipinski definition) is 1. The van der Waals surface area contributed by atoms with E-state index in [2.05, 4.69) is 20.9 Å². The molecule has 0 unspecified atom stereocenters. The third-order valence-electron chi connectivity index (χ3n) is 3.53. The summed E-state index contributed by atoms with van der Waals surface area (Å²) >= 11 is 3.39. The largest absolute Gasteiger partial charge is 0.457 e. The fourth-order valence-electron chi connectivity index (χ4n) is 2.30. The lowest BCUT2D eigenvalue weighted by atomic mass is 10.1. The van der Waals surface area contributed by atoms with E-state index in [1.165, 1.54) is 12.1 Å². The van der Waals surface area contributed by atoms with Gasteiger partial charge in [0.05, 0.1) is 5.56 Å². The molecule has 3 aromatic rings. The van der Waals surface area contributed by atoms with Crippen molar-refractivity contribution >= 4 is 32.8 Å². The number of ether oxygens (including phenoxy) is 1. The van der Waals surface area contributed by atoms with Crippen LogP contribution in [0.5, 0.6) is 0 Å². The molecule has 1 heterocycles. The van der Waals surface area contributed by atoms with Gasteiger partial charge in [-0.25, -0.2) is 9.18 Å². The standard InChI is InChI=1S/C17H13BrFNO2/c1-10-6-12(18)3-2-11(10)9-22-17(21)15-8-20-16-5-4-13(19)7-14(15)16/h2-8,20H,9H2,1H3. The Labute approximate surface area is 135 Å². The Balaban J connectivity index is 1.80. The van der Waals surface area contributed by atoms with Crippen LogP contribution < -0.4 is 0 Å². The van der Waals surface area contributed by atoms with Crippen LogP contribution in [0.15, 0.2) is 47.1 Å². The second kappa shape index (κ2) is 5.93. The summed E-state index contributed by atoms with van der Waals surface area (Å²) in [5, 5.41) is 0.525. The molecule has 0 radical (unpaired) electrons. The average Bonchev–Trinajstić information content (AvgIpc) is 2.89. The number of fused-ring (bicyclic) bond motifs is 1. The number of carbonyl (C=O) groups excluding carboxylic acids is 1. The van der Waals surface area contributed by atoms with E-state index in [1.807, 2.05) is 25.1 Å². The molecular weight excluding hydrogens is 349 g/mol. The fourth-order valence-corrected chi connectivity index (χ4v) is 2.78. The van der Waals surface area contributed by atoms with E-state index in [0.717, 1.165) is 15.6 Å². The van der Waals surface area contributed by atoms with E-state index in [0.29, 0.717) is 16.5 Å². The molecule has 0 amide bonds. The number of nitrogens with one attached hydrogen (secondary N) is 1. The van der Waals surface area contributed by atoms with Crippen LogP contribution in [0, 0.1) is 12.7 Å². The van der Waals surface area contributed by atoms with Gasteiger partial charge < -0.3 is 9.72 Å². The number of hydrogen-bond acceptors (Lipinski definition) is 2. The molecule has 112 valence electrons. The summed E-state index contributed by atoms with van der Waals surface area (Å²) in [5.41, 5.74) is 3.01. The third kappa shape index (κ3) is 2.90. The molecule has 3 rings (SSSR count). The van der Waals surface area contributed by atoms with Crippen LogP contribution in [0.25, 0.3) is 10.9 Å². The molecule has 22 heavy (non-hydrogen) atoms. The SMILES string of the molecule is Cc1cc(Br)ccc1COC(=O)c1c[nH]c2ccc(F)cc12. The number of halogens is 2. The molecule has 1 aromatic heterocycles. The first-order valence-corrected chi connectivity index (χ1v) is 7.52. The van der Waals surface area contributed by atoms with Gasteiger partial charge in [-0.05, 0) is 48.4 Å². The zero-order valence-electron chi connectivity index (χ0n) is 11.8. The summed E-state index contributed by atoms with van der Waals surface area (Å²) in [6, 6.07) is 10.0. The Morgan fingerprint density at radius 1 is 1.27 bits per heavy atom. The minimum Gasteiger partial charge on any atom is -0.457 e. The van der Waals surface area contributed by atoms with Crippen molar-refractivity contribution in [2.24, 2.45) is 0 Å². The number of esters is 1. The predicted molar refractivity (Wildman–Crippen MR) is 86.3 cm³/mol. The molecule has 2 aromatic carbocycles. The Kier molecular flexibility index (Phi) is 3.98. The summed E-state index contributed by atoms with van der Waals surface area (Å²) in [7, 11) is 0. The van der Waals surface area contributed by atoms with Gasteiger partial charge in [-0.15, -0.1) is 0 Å². The van der Waals surface area contributed by atoms with Crippen LogP contribution in [0.3, 0.4) is 0 Å². The number of carbonyl (C=O) groups is 1. The van der Waals surface area contributed by atoms with Crippen LogP contribution in [-0.4, -0.2) is 11.0 Å². The van der Waals surface area contributed by atoms with Gasteiger partial charge in [0, 0.05) is 21.6 Å². The molecule has 0 aliphatic heterocycles. The molecular formula is C17H13BrFNO2. The molecule has 0 spiro atoms. The second-order valence-electron chi connectivity index (χ2n) is 5.04. The maximum Gasteiger partial charge on any atom is 0.340 e. The number of benzene rings is 2.